The normalized spacial score (nSPS) is 20.1. The minimum absolute atomic E-state index is 0.0110. The SMILES string of the molecule is O=C(O)C1=CC=C2C(=C(F)C1)CCCC(c1ccc(Cl)cc1Cl)=C2c1ccc(O[C@H]2CCN(CCCF)C2)cc1. The molecule has 4 nitrogen and oxygen atoms in total. The van der Waals surface area contributed by atoms with Crippen LogP contribution in [0.25, 0.3) is 11.1 Å². The summed E-state index contributed by atoms with van der Waals surface area (Å²) in [5.74, 6) is -0.824. The first-order chi connectivity index (χ1) is 19.3. The summed E-state index contributed by atoms with van der Waals surface area (Å²) < 4.78 is 34.3. The third kappa shape index (κ3) is 6.35. The Kier molecular flexibility index (Phi) is 9.09. The predicted octanol–water partition coefficient (Wildman–Crippen LogP) is 8.47. The number of hydrogen-bond donors (Lipinski definition) is 1. The summed E-state index contributed by atoms with van der Waals surface area (Å²) in [6.07, 6.45) is 6.28. The predicted molar refractivity (Wildman–Crippen MR) is 156 cm³/mol. The van der Waals surface area contributed by atoms with Crippen molar-refractivity contribution in [2.75, 3.05) is 26.3 Å². The number of halogens is 4. The highest BCUT2D eigenvalue weighted by atomic mass is 35.5. The molecule has 40 heavy (non-hydrogen) atoms. The van der Waals surface area contributed by atoms with Gasteiger partial charge in [-0.05, 0) is 89.8 Å². The molecule has 2 aromatic carbocycles. The van der Waals surface area contributed by atoms with Crippen LogP contribution in [0.2, 0.25) is 10.0 Å². The summed E-state index contributed by atoms with van der Waals surface area (Å²) in [7, 11) is 0. The summed E-state index contributed by atoms with van der Waals surface area (Å²) >= 11 is 12.9. The second-order valence-corrected chi connectivity index (χ2v) is 11.2. The standard InChI is InChI=1S/C32H31Cl2F2NO3/c33-22-8-12-25(29(34)18-22)27-4-1-3-26-28(11-7-21(32(38)39)17-30(26)36)31(27)20-5-9-23(10-6-20)40-24-13-16-37(19-24)15-2-14-35/h5-12,18,24H,1-4,13-17,19H2,(H,38,39)/t24-/m0/s1. The molecule has 1 atom stereocenters. The second kappa shape index (κ2) is 12.7. The first kappa shape index (κ1) is 28.6. The van der Waals surface area contributed by atoms with Crippen molar-refractivity contribution in [2.24, 2.45) is 0 Å². The number of alkyl halides is 1. The van der Waals surface area contributed by atoms with Gasteiger partial charge in [-0.1, -0.05) is 53.6 Å². The Hall–Kier alpha value is -2.93. The highest BCUT2D eigenvalue weighted by Gasteiger charge is 2.28. The lowest BCUT2D eigenvalue weighted by Crippen LogP contribution is -2.26. The van der Waals surface area contributed by atoms with Crippen LogP contribution < -0.4 is 4.74 Å². The molecule has 210 valence electrons. The number of benzene rings is 2. The molecule has 8 heteroatoms. The van der Waals surface area contributed by atoms with Gasteiger partial charge in [-0.15, -0.1) is 0 Å². The minimum Gasteiger partial charge on any atom is -0.489 e. The van der Waals surface area contributed by atoms with Crippen molar-refractivity contribution >= 4 is 40.3 Å². The Bertz CT molecular complexity index is 1410. The van der Waals surface area contributed by atoms with Gasteiger partial charge >= 0.3 is 5.97 Å². The average Bonchev–Trinajstić information content (AvgIpc) is 3.20. The highest BCUT2D eigenvalue weighted by Crippen LogP contribution is 2.47. The van der Waals surface area contributed by atoms with Crippen LogP contribution in [0.5, 0.6) is 5.75 Å². The van der Waals surface area contributed by atoms with Gasteiger partial charge in [0.1, 0.15) is 17.7 Å². The van der Waals surface area contributed by atoms with E-state index in [4.69, 9.17) is 27.9 Å². The first-order valence-corrected chi connectivity index (χ1v) is 14.4. The highest BCUT2D eigenvalue weighted by molar-refractivity contribution is 6.36. The molecule has 5 rings (SSSR count). The molecule has 2 aromatic rings. The zero-order valence-corrected chi connectivity index (χ0v) is 23.6. The zero-order valence-electron chi connectivity index (χ0n) is 22.1. The molecule has 0 radical (unpaired) electrons. The van der Waals surface area contributed by atoms with Gasteiger partial charge in [0.25, 0.3) is 0 Å². The fourth-order valence-corrected chi connectivity index (χ4v) is 6.27. The molecule has 0 spiro atoms. The van der Waals surface area contributed by atoms with Gasteiger partial charge in [-0.3, -0.25) is 9.29 Å². The van der Waals surface area contributed by atoms with Gasteiger partial charge in [-0.2, -0.15) is 0 Å². The molecule has 2 aliphatic carbocycles. The summed E-state index contributed by atoms with van der Waals surface area (Å²) in [4.78, 5) is 13.9. The first-order valence-electron chi connectivity index (χ1n) is 13.6. The van der Waals surface area contributed by atoms with Crippen LogP contribution in [-0.4, -0.2) is 48.4 Å². The van der Waals surface area contributed by atoms with E-state index in [9.17, 15) is 14.3 Å². The van der Waals surface area contributed by atoms with Crippen LogP contribution in [0.3, 0.4) is 0 Å². The van der Waals surface area contributed by atoms with Gasteiger partial charge in [0.15, 0.2) is 0 Å². The summed E-state index contributed by atoms with van der Waals surface area (Å²) in [5.41, 5.74) is 4.65. The number of rotatable bonds is 8. The molecule has 1 aliphatic heterocycles. The van der Waals surface area contributed by atoms with Gasteiger partial charge in [0.05, 0.1) is 6.67 Å². The molecule has 0 bridgehead atoms. The number of carboxylic acids is 1. The Morgan fingerprint density at radius 2 is 1.85 bits per heavy atom. The van der Waals surface area contributed by atoms with E-state index < -0.39 is 11.8 Å². The third-order valence-corrected chi connectivity index (χ3v) is 8.24. The van der Waals surface area contributed by atoms with Crippen molar-refractivity contribution in [3.05, 3.63) is 98.3 Å². The van der Waals surface area contributed by atoms with E-state index in [0.717, 1.165) is 54.1 Å². The maximum Gasteiger partial charge on any atom is 0.331 e. The van der Waals surface area contributed by atoms with Crippen molar-refractivity contribution in [1.82, 2.24) is 4.90 Å². The topological polar surface area (TPSA) is 49.8 Å². The Labute approximate surface area is 243 Å². The number of allylic oxidation sites excluding steroid dienone is 7. The number of hydrogen-bond acceptors (Lipinski definition) is 3. The van der Waals surface area contributed by atoms with Crippen molar-refractivity contribution in [3.8, 4) is 5.75 Å². The third-order valence-electron chi connectivity index (χ3n) is 7.69. The molecule has 1 saturated heterocycles. The quantitative estimate of drug-likeness (QED) is 0.337. The lowest BCUT2D eigenvalue weighted by Gasteiger charge is -2.20. The van der Waals surface area contributed by atoms with Gasteiger partial charge in [-0.25, -0.2) is 9.18 Å². The lowest BCUT2D eigenvalue weighted by molar-refractivity contribution is -0.132. The molecule has 1 fully saturated rings. The molecule has 1 N–H and O–H groups in total. The Morgan fingerprint density at radius 1 is 1.07 bits per heavy atom. The summed E-state index contributed by atoms with van der Waals surface area (Å²) in [6, 6.07) is 13.1. The minimum atomic E-state index is -1.13. The van der Waals surface area contributed by atoms with Gasteiger partial charge < -0.3 is 9.84 Å². The number of nitrogens with zero attached hydrogens (tertiary/aromatic N) is 1. The molecule has 0 unspecified atom stereocenters. The van der Waals surface area contributed by atoms with E-state index >= 15 is 4.39 Å². The molecule has 3 aliphatic rings. The summed E-state index contributed by atoms with van der Waals surface area (Å²) in [5, 5.41) is 10.6. The monoisotopic (exact) mass is 585 g/mol. The molecule has 1 heterocycles. The van der Waals surface area contributed by atoms with Crippen LogP contribution in [0.15, 0.2) is 77.2 Å². The van der Waals surface area contributed by atoms with Crippen LogP contribution >= 0.6 is 23.2 Å². The number of ether oxygens (including phenoxy) is 1. The maximum atomic E-state index is 15.5. The molecular formula is C32H31Cl2F2NO3. The fourth-order valence-electron chi connectivity index (χ4n) is 5.75. The molecule has 0 amide bonds. The number of fused-ring (bicyclic) bond motifs is 1. The fraction of sp³-hybridized carbons (Fsp3) is 0.344. The maximum absolute atomic E-state index is 15.5. The molecular weight excluding hydrogens is 555 g/mol. The van der Waals surface area contributed by atoms with Crippen molar-refractivity contribution < 1.29 is 23.4 Å². The second-order valence-electron chi connectivity index (χ2n) is 10.4. The average molecular weight is 587 g/mol. The van der Waals surface area contributed by atoms with Crippen LogP contribution in [0.4, 0.5) is 8.78 Å². The largest absolute Gasteiger partial charge is 0.489 e. The number of likely N-dealkylation sites (tertiary alicyclic amines) is 1. The van der Waals surface area contributed by atoms with Crippen LogP contribution in [0.1, 0.15) is 49.7 Å². The Balaban J connectivity index is 1.55. The van der Waals surface area contributed by atoms with Gasteiger partial charge in [0, 0.05) is 41.7 Å². The zero-order chi connectivity index (χ0) is 28.2. The van der Waals surface area contributed by atoms with Crippen LogP contribution in [-0.2, 0) is 4.79 Å². The van der Waals surface area contributed by atoms with Crippen molar-refractivity contribution in [2.45, 2.75) is 44.6 Å². The molecule has 0 aromatic heterocycles. The smallest absolute Gasteiger partial charge is 0.331 e. The number of aliphatic carboxylic acids is 1. The van der Waals surface area contributed by atoms with Gasteiger partial charge in [0.2, 0.25) is 0 Å². The van der Waals surface area contributed by atoms with Crippen molar-refractivity contribution in [3.63, 3.8) is 0 Å². The number of carbonyl (C=O) groups is 1. The van der Waals surface area contributed by atoms with E-state index in [2.05, 4.69) is 4.90 Å². The van der Waals surface area contributed by atoms with Crippen molar-refractivity contribution in [1.29, 1.82) is 0 Å². The van der Waals surface area contributed by atoms with E-state index in [1.807, 2.05) is 30.3 Å². The van der Waals surface area contributed by atoms with E-state index in [1.165, 1.54) is 6.08 Å². The lowest BCUT2D eigenvalue weighted by atomic mass is 9.86. The van der Waals surface area contributed by atoms with Crippen LogP contribution in [0, 0.1) is 0 Å². The Morgan fingerprint density at radius 3 is 2.58 bits per heavy atom. The molecule has 0 saturated carbocycles. The van der Waals surface area contributed by atoms with E-state index in [0.29, 0.717) is 46.9 Å². The number of carboxylic acid groups (broad SMARTS) is 1. The van der Waals surface area contributed by atoms with E-state index in [1.54, 1.807) is 18.2 Å². The summed E-state index contributed by atoms with van der Waals surface area (Å²) in [6.45, 7) is 2.08. The van der Waals surface area contributed by atoms with E-state index in [-0.39, 0.29) is 24.8 Å².